The predicted octanol–water partition coefficient (Wildman–Crippen LogP) is -0.343. The number of rotatable bonds is 1. The first-order chi connectivity index (χ1) is 6.87. The zero-order chi connectivity index (χ0) is 11.4. The van der Waals surface area contributed by atoms with Crippen molar-refractivity contribution in [1.82, 2.24) is 0 Å². The number of carbonyl (C=O) groups excluding carboxylic acids is 2. The monoisotopic (exact) mass is 214 g/mol. The van der Waals surface area contributed by atoms with Crippen LogP contribution >= 0.6 is 0 Å². The second kappa shape index (κ2) is 2.80. The standard InChI is InChI=1S/C10H14O5/c1-5-7(11)10(13)6(8(12)14-3)4-9(10,2)15-5/h5-6,13H,4H2,1-3H3. The summed E-state index contributed by atoms with van der Waals surface area (Å²) >= 11 is 0. The van der Waals surface area contributed by atoms with Crippen molar-refractivity contribution >= 4 is 11.8 Å². The number of hydrogen-bond donors (Lipinski definition) is 1. The maximum atomic E-state index is 11.7. The van der Waals surface area contributed by atoms with Crippen LogP contribution in [-0.2, 0) is 19.1 Å². The molecule has 0 radical (unpaired) electrons. The number of aliphatic hydroxyl groups is 1. The molecular formula is C10H14O5. The van der Waals surface area contributed by atoms with E-state index in [1.54, 1.807) is 13.8 Å². The Kier molecular flexibility index (Phi) is 1.97. The smallest absolute Gasteiger partial charge is 0.312 e. The van der Waals surface area contributed by atoms with E-state index in [0.717, 1.165) is 0 Å². The third-order valence-corrected chi connectivity index (χ3v) is 3.57. The van der Waals surface area contributed by atoms with Gasteiger partial charge in [-0.2, -0.15) is 0 Å². The number of fused-ring (bicyclic) bond motifs is 1. The molecule has 84 valence electrons. The zero-order valence-electron chi connectivity index (χ0n) is 8.94. The lowest BCUT2D eigenvalue weighted by molar-refractivity contribution is -0.230. The Morgan fingerprint density at radius 3 is 2.73 bits per heavy atom. The van der Waals surface area contributed by atoms with Gasteiger partial charge in [-0.3, -0.25) is 9.59 Å². The summed E-state index contributed by atoms with van der Waals surface area (Å²) in [6.07, 6.45) is -0.332. The SMILES string of the molecule is COC(=O)C1CC2(C)OC(C)C(=O)C12O. The van der Waals surface area contributed by atoms with Crippen LogP contribution in [0.2, 0.25) is 0 Å². The summed E-state index contributed by atoms with van der Waals surface area (Å²) in [5.74, 6) is -1.77. The maximum absolute atomic E-state index is 11.7. The number of ketones is 1. The second-order valence-corrected chi connectivity index (χ2v) is 4.40. The summed E-state index contributed by atoms with van der Waals surface area (Å²) in [4.78, 5) is 23.1. The Bertz CT molecular complexity index is 339. The van der Waals surface area contributed by atoms with Gasteiger partial charge in [0, 0.05) is 0 Å². The molecular weight excluding hydrogens is 200 g/mol. The Balaban J connectivity index is 2.33. The molecule has 0 aromatic heterocycles. The summed E-state index contributed by atoms with van der Waals surface area (Å²) < 4.78 is 9.93. The van der Waals surface area contributed by atoms with Crippen LogP contribution in [0, 0.1) is 5.92 Å². The van der Waals surface area contributed by atoms with Gasteiger partial charge in [-0.15, -0.1) is 0 Å². The molecule has 5 nitrogen and oxygen atoms in total. The van der Waals surface area contributed by atoms with Gasteiger partial charge in [0.15, 0.2) is 11.4 Å². The maximum Gasteiger partial charge on any atom is 0.312 e. The highest BCUT2D eigenvalue weighted by molar-refractivity contribution is 6.00. The quantitative estimate of drug-likeness (QED) is 0.604. The molecule has 0 spiro atoms. The molecule has 2 rings (SSSR count). The molecule has 5 heteroatoms. The molecule has 1 saturated carbocycles. The highest BCUT2D eigenvalue weighted by Crippen LogP contribution is 2.56. The molecule has 1 heterocycles. The van der Waals surface area contributed by atoms with Crippen LogP contribution in [0.3, 0.4) is 0 Å². The van der Waals surface area contributed by atoms with E-state index in [4.69, 9.17) is 4.74 Å². The van der Waals surface area contributed by atoms with Crippen LogP contribution in [0.5, 0.6) is 0 Å². The van der Waals surface area contributed by atoms with Crippen molar-refractivity contribution in [2.75, 3.05) is 7.11 Å². The lowest BCUT2D eigenvalue weighted by Gasteiger charge is -2.51. The summed E-state index contributed by atoms with van der Waals surface area (Å²) in [7, 11) is 1.24. The first-order valence-electron chi connectivity index (χ1n) is 4.89. The third kappa shape index (κ3) is 0.995. The summed E-state index contributed by atoms with van der Waals surface area (Å²) in [6, 6.07) is 0. The molecule has 4 atom stereocenters. The average Bonchev–Trinajstić information content (AvgIpc) is 2.32. The van der Waals surface area contributed by atoms with E-state index < -0.39 is 35.0 Å². The summed E-state index contributed by atoms with van der Waals surface area (Å²) in [6.45, 7) is 3.23. The molecule has 0 aromatic carbocycles. The van der Waals surface area contributed by atoms with Crippen molar-refractivity contribution in [2.45, 2.75) is 37.6 Å². The van der Waals surface area contributed by atoms with E-state index in [1.807, 2.05) is 0 Å². The first kappa shape index (κ1) is 10.6. The normalized spacial score (nSPS) is 48.4. The lowest BCUT2D eigenvalue weighted by atomic mass is 9.57. The number of ether oxygens (including phenoxy) is 2. The van der Waals surface area contributed by atoms with Gasteiger partial charge in [0.25, 0.3) is 0 Å². The average molecular weight is 214 g/mol. The van der Waals surface area contributed by atoms with Crippen molar-refractivity contribution < 1.29 is 24.2 Å². The lowest BCUT2D eigenvalue weighted by Crippen LogP contribution is -2.70. The van der Waals surface area contributed by atoms with Gasteiger partial charge in [0.1, 0.15) is 11.7 Å². The van der Waals surface area contributed by atoms with Gasteiger partial charge in [-0.05, 0) is 20.3 Å². The van der Waals surface area contributed by atoms with Crippen LogP contribution in [0.4, 0.5) is 0 Å². The van der Waals surface area contributed by atoms with E-state index in [1.165, 1.54) is 7.11 Å². The molecule has 0 amide bonds. The topological polar surface area (TPSA) is 72.8 Å². The van der Waals surface area contributed by atoms with E-state index in [2.05, 4.69) is 4.74 Å². The second-order valence-electron chi connectivity index (χ2n) is 4.40. The van der Waals surface area contributed by atoms with Crippen molar-refractivity contribution in [3.05, 3.63) is 0 Å². The van der Waals surface area contributed by atoms with Crippen LogP contribution in [-0.4, -0.2) is 41.3 Å². The number of esters is 1. The Hall–Kier alpha value is -0.940. The van der Waals surface area contributed by atoms with Crippen molar-refractivity contribution in [1.29, 1.82) is 0 Å². The zero-order valence-corrected chi connectivity index (χ0v) is 8.94. The third-order valence-electron chi connectivity index (χ3n) is 3.57. The van der Waals surface area contributed by atoms with E-state index >= 15 is 0 Å². The molecule has 0 aromatic rings. The largest absolute Gasteiger partial charge is 0.469 e. The molecule has 0 bridgehead atoms. The summed E-state index contributed by atoms with van der Waals surface area (Å²) in [5.41, 5.74) is -2.62. The minimum atomic E-state index is -1.69. The molecule has 4 unspecified atom stereocenters. The number of methoxy groups -OCH3 is 1. The number of carbonyl (C=O) groups is 2. The number of Topliss-reactive ketones (excluding diaryl/α,β-unsaturated/α-hetero) is 1. The molecule has 2 aliphatic rings. The van der Waals surface area contributed by atoms with Crippen LogP contribution in [0.25, 0.3) is 0 Å². The number of hydrogen-bond acceptors (Lipinski definition) is 5. The first-order valence-corrected chi connectivity index (χ1v) is 4.89. The van der Waals surface area contributed by atoms with Gasteiger partial charge in [0.2, 0.25) is 0 Å². The van der Waals surface area contributed by atoms with Crippen LogP contribution in [0.1, 0.15) is 20.3 Å². The Labute approximate surface area is 87.4 Å². The summed E-state index contributed by atoms with van der Waals surface area (Å²) in [5, 5.41) is 10.2. The molecule has 1 N–H and O–H groups in total. The van der Waals surface area contributed by atoms with Crippen molar-refractivity contribution in [2.24, 2.45) is 5.92 Å². The molecule has 1 aliphatic heterocycles. The van der Waals surface area contributed by atoms with Gasteiger partial charge in [0.05, 0.1) is 13.0 Å². The minimum Gasteiger partial charge on any atom is -0.469 e. The van der Waals surface area contributed by atoms with E-state index in [9.17, 15) is 14.7 Å². The fourth-order valence-corrected chi connectivity index (χ4v) is 2.65. The van der Waals surface area contributed by atoms with E-state index in [-0.39, 0.29) is 0 Å². The van der Waals surface area contributed by atoms with Gasteiger partial charge in [-0.25, -0.2) is 0 Å². The van der Waals surface area contributed by atoms with E-state index in [0.29, 0.717) is 6.42 Å². The van der Waals surface area contributed by atoms with Crippen LogP contribution < -0.4 is 0 Å². The van der Waals surface area contributed by atoms with Gasteiger partial charge < -0.3 is 14.6 Å². The molecule has 15 heavy (non-hydrogen) atoms. The fourth-order valence-electron chi connectivity index (χ4n) is 2.65. The van der Waals surface area contributed by atoms with Crippen molar-refractivity contribution in [3.8, 4) is 0 Å². The van der Waals surface area contributed by atoms with Crippen LogP contribution in [0.15, 0.2) is 0 Å². The Morgan fingerprint density at radius 2 is 2.27 bits per heavy atom. The highest BCUT2D eigenvalue weighted by Gasteiger charge is 2.75. The van der Waals surface area contributed by atoms with Gasteiger partial charge >= 0.3 is 5.97 Å². The predicted molar refractivity (Wildman–Crippen MR) is 49.0 cm³/mol. The van der Waals surface area contributed by atoms with Crippen molar-refractivity contribution in [3.63, 3.8) is 0 Å². The fraction of sp³-hybridized carbons (Fsp3) is 0.800. The minimum absolute atomic E-state index is 0.326. The Morgan fingerprint density at radius 1 is 1.67 bits per heavy atom. The molecule has 2 fully saturated rings. The molecule has 1 aliphatic carbocycles. The van der Waals surface area contributed by atoms with Gasteiger partial charge in [-0.1, -0.05) is 0 Å². The highest BCUT2D eigenvalue weighted by atomic mass is 16.6. The molecule has 1 saturated heterocycles.